The topological polar surface area (TPSA) is 114 Å². The van der Waals surface area contributed by atoms with Crippen LogP contribution in [0.3, 0.4) is 0 Å². The van der Waals surface area contributed by atoms with E-state index >= 15 is 0 Å². The van der Waals surface area contributed by atoms with E-state index in [1.54, 1.807) is 38.1 Å². The Hall–Kier alpha value is -3.99. The number of nitrogens with zero attached hydrogens (tertiary/aromatic N) is 2. The van der Waals surface area contributed by atoms with Crippen LogP contribution < -0.4 is 10.7 Å². The van der Waals surface area contributed by atoms with E-state index in [2.05, 4.69) is 15.8 Å². The number of hydrazone groups is 1. The van der Waals surface area contributed by atoms with Crippen LogP contribution in [0.15, 0.2) is 71.8 Å². The van der Waals surface area contributed by atoms with Crippen LogP contribution >= 0.6 is 0 Å². The van der Waals surface area contributed by atoms with Gasteiger partial charge in [-0.05, 0) is 67.4 Å². The lowest BCUT2D eigenvalue weighted by Crippen LogP contribution is -2.35. The molecule has 2 amide bonds. The second-order valence-electron chi connectivity index (χ2n) is 8.99. The predicted molar refractivity (Wildman–Crippen MR) is 141 cm³/mol. The van der Waals surface area contributed by atoms with Crippen molar-refractivity contribution in [2.75, 3.05) is 18.4 Å². The molecule has 2 unspecified atom stereocenters. The molecule has 10 heteroatoms. The van der Waals surface area contributed by atoms with Crippen molar-refractivity contribution in [2.24, 2.45) is 5.10 Å². The number of carbonyl (C=O) groups is 2. The predicted octanol–water partition coefficient (Wildman–Crippen LogP) is 3.54. The summed E-state index contributed by atoms with van der Waals surface area (Å²) in [5.74, 6) is -2.43. The number of anilines is 1. The molecule has 2 atom stereocenters. The molecule has 8 nitrogen and oxygen atoms in total. The van der Waals surface area contributed by atoms with Gasteiger partial charge in [0.15, 0.2) is 0 Å². The number of halogens is 2. The normalized spacial score (nSPS) is 12.9. The van der Waals surface area contributed by atoms with Crippen LogP contribution in [0, 0.1) is 11.6 Å². The Morgan fingerprint density at radius 2 is 1.61 bits per heavy atom. The van der Waals surface area contributed by atoms with E-state index in [-0.39, 0.29) is 11.3 Å². The number of nitrogens with one attached hydrogen (secondary N) is 2. The molecule has 0 heterocycles. The summed E-state index contributed by atoms with van der Waals surface area (Å²) in [6.07, 6.45) is 0.0468. The smallest absolute Gasteiger partial charge is 0.273 e. The number of aliphatic hydroxyl groups excluding tert-OH is 2. The maximum atomic E-state index is 13.9. The van der Waals surface area contributed by atoms with E-state index in [1.165, 1.54) is 30.5 Å². The molecule has 0 aliphatic carbocycles. The van der Waals surface area contributed by atoms with Gasteiger partial charge in [0.25, 0.3) is 11.8 Å². The Labute approximate surface area is 219 Å². The Morgan fingerprint density at radius 1 is 0.921 bits per heavy atom. The fourth-order valence-electron chi connectivity index (χ4n) is 3.84. The van der Waals surface area contributed by atoms with Crippen molar-refractivity contribution < 1.29 is 28.6 Å². The van der Waals surface area contributed by atoms with Gasteiger partial charge >= 0.3 is 0 Å². The molecule has 38 heavy (non-hydrogen) atoms. The lowest BCUT2D eigenvalue weighted by atomic mass is 10.1. The maximum absolute atomic E-state index is 13.9. The Kier molecular flexibility index (Phi) is 10.2. The van der Waals surface area contributed by atoms with E-state index in [0.717, 1.165) is 17.7 Å². The quantitative estimate of drug-likeness (QED) is 0.226. The Morgan fingerprint density at radius 3 is 2.29 bits per heavy atom. The van der Waals surface area contributed by atoms with Crippen LogP contribution in [0.4, 0.5) is 14.5 Å². The molecule has 0 saturated heterocycles. The lowest BCUT2D eigenvalue weighted by molar-refractivity contribution is 0.0793. The third-order valence-electron chi connectivity index (χ3n) is 5.34. The van der Waals surface area contributed by atoms with Gasteiger partial charge in [-0.25, -0.2) is 14.2 Å². The molecule has 0 aliphatic rings. The van der Waals surface area contributed by atoms with Crippen LogP contribution in [0.5, 0.6) is 0 Å². The summed E-state index contributed by atoms with van der Waals surface area (Å²) in [6, 6.07) is 15.7. The summed E-state index contributed by atoms with van der Waals surface area (Å²) in [4.78, 5) is 27.6. The highest BCUT2D eigenvalue weighted by molar-refractivity contribution is 6.09. The minimum absolute atomic E-state index is 0.0742. The van der Waals surface area contributed by atoms with Gasteiger partial charge in [-0.15, -0.1) is 0 Å². The van der Waals surface area contributed by atoms with E-state index in [0.29, 0.717) is 30.8 Å². The molecular weight excluding hydrogens is 494 g/mol. The van der Waals surface area contributed by atoms with Crippen molar-refractivity contribution in [1.29, 1.82) is 0 Å². The summed E-state index contributed by atoms with van der Waals surface area (Å²) < 4.78 is 27.3. The van der Waals surface area contributed by atoms with E-state index < -0.39 is 35.7 Å². The summed E-state index contributed by atoms with van der Waals surface area (Å²) in [6.45, 7) is 4.39. The Balaban J connectivity index is 1.73. The van der Waals surface area contributed by atoms with Gasteiger partial charge in [-0.1, -0.05) is 24.3 Å². The highest BCUT2D eigenvalue weighted by Crippen LogP contribution is 2.19. The Bertz CT molecular complexity index is 1290. The van der Waals surface area contributed by atoms with Crippen LogP contribution in [0.1, 0.15) is 45.7 Å². The fraction of sp³-hybridized carbons (Fsp3) is 0.250. The van der Waals surface area contributed by atoms with Gasteiger partial charge in [0.2, 0.25) is 0 Å². The number of benzene rings is 3. The fourth-order valence-corrected chi connectivity index (χ4v) is 3.84. The molecule has 4 N–H and O–H groups in total. The molecule has 0 aliphatic heterocycles. The first-order valence-corrected chi connectivity index (χ1v) is 12.0. The maximum Gasteiger partial charge on any atom is 0.273 e. The number of amides is 2. The number of hydrogen-bond donors (Lipinski definition) is 4. The molecule has 3 aromatic carbocycles. The molecule has 200 valence electrons. The zero-order chi connectivity index (χ0) is 27.7. The molecule has 3 rings (SSSR count). The van der Waals surface area contributed by atoms with E-state index in [4.69, 9.17) is 0 Å². The second-order valence-corrected chi connectivity index (χ2v) is 8.99. The van der Waals surface area contributed by atoms with Crippen LogP contribution in [0.25, 0.3) is 0 Å². The number of hydrogen-bond acceptors (Lipinski definition) is 6. The van der Waals surface area contributed by atoms with Crippen LogP contribution in [-0.2, 0) is 6.54 Å². The van der Waals surface area contributed by atoms with Crippen molar-refractivity contribution in [1.82, 2.24) is 10.3 Å². The van der Waals surface area contributed by atoms with Crippen molar-refractivity contribution in [3.63, 3.8) is 0 Å². The average molecular weight is 525 g/mol. The van der Waals surface area contributed by atoms with Crippen molar-refractivity contribution >= 4 is 23.7 Å². The summed E-state index contributed by atoms with van der Waals surface area (Å²) >= 11 is 0. The monoisotopic (exact) mass is 524 g/mol. The minimum atomic E-state index is -0.770. The molecule has 0 bridgehead atoms. The van der Waals surface area contributed by atoms with E-state index in [9.17, 15) is 28.6 Å². The number of aliphatic hydroxyl groups is 2. The number of rotatable bonds is 11. The van der Waals surface area contributed by atoms with Crippen LogP contribution in [-0.4, -0.2) is 58.4 Å². The molecule has 0 fully saturated rings. The van der Waals surface area contributed by atoms with Gasteiger partial charge in [-0.3, -0.25) is 14.5 Å². The lowest BCUT2D eigenvalue weighted by Gasteiger charge is -2.25. The molecule has 3 aromatic rings. The van der Waals surface area contributed by atoms with Crippen LogP contribution in [0.2, 0.25) is 0 Å². The zero-order valence-electron chi connectivity index (χ0n) is 21.1. The van der Waals surface area contributed by atoms with Gasteiger partial charge in [-0.2, -0.15) is 5.10 Å². The third kappa shape index (κ3) is 8.84. The molecule has 0 saturated carbocycles. The molecule has 0 radical (unpaired) electrons. The summed E-state index contributed by atoms with van der Waals surface area (Å²) in [7, 11) is 0. The van der Waals surface area contributed by atoms with E-state index in [1.807, 2.05) is 11.0 Å². The van der Waals surface area contributed by atoms with Crippen molar-refractivity contribution in [3.05, 3.63) is 101 Å². The van der Waals surface area contributed by atoms with Gasteiger partial charge in [0, 0.05) is 25.2 Å². The van der Waals surface area contributed by atoms with Gasteiger partial charge in [0.1, 0.15) is 11.6 Å². The third-order valence-corrected chi connectivity index (χ3v) is 5.34. The molecular formula is C28H30F2N4O4. The largest absolute Gasteiger partial charge is 0.392 e. The molecule has 0 spiro atoms. The minimum Gasteiger partial charge on any atom is -0.392 e. The second kappa shape index (κ2) is 13.5. The number of carbonyl (C=O) groups excluding carboxylic acids is 2. The highest BCUT2D eigenvalue weighted by atomic mass is 19.1. The van der Waals surface area contributed by atoms with Gasteiger partial charge < -0.3 is 15.5 Å². The summed E-state index contributed by atoms with van der Waals surface area (Å²) in [5.41, 5.74) is 3.68. The van der Waals surface area contributed by atoms with Crippen molar-refractivity contribution in [3.8, 4) is 0 Å². The molecule has 0 aromatic heterocycles. The standard InChI is InChI=1S/C28H30F2N4O4/c1-18(35)15-34(16-19(2)36)17-21-6-3-7-22(11-21)27(37)32-26-10-9-24(30)13-25(26)28(38)33-31-14-20-5-4-8-23(29)12-20/h3-14,18-19,35-36H,15-17H2,1-2H3,(H,32,37)(H,33,38)/b31-14+. The van der Waals surface area contributed by atoms with Gasteiger partial charge in [0.05, 0.1) is 29.7 Å². The average Bonchev–Trinajstić information content (AvgIpc) is 2.84. The summed E-state index contributed by atoms with van der Waals surface area (Å²) in [5, 5.41) is 25.9. The first-order valence-electron chi connectivity index (χ1n) is 12.0. The highest BCUT2D eigenvalue weighted by Gasteiger charge is 2.17. The zero-order valence-corrected chi connectivity index (χ0v) is 21.1. The SMILES string of the molecule is CC(O)CN(Cc1cccc(C(=O)Nc2ccc(F)cc2C(=O)N/N=C/c2cccc(F)c2)c1)CC(C)O. The first-order chi connectivity index (χ1) is 18.1. The first kappa shape index (κ1) is 28.6. The van der Waals surface area contributed by atoms with Crippen molar-refractivity contribution in [2.45, 2.75) is 32.6 Å².